The fourth-order valence-corrected chi connectivity index (χ4v) is 11.1. The number of rotatable bonds is 2. The summed E-state index contributed by atoms with van der Waals surface area (Å²) in [5, 5.41) is 7.05. The van der Waals surface area contributed by atoms with Gasteiger partial charge in [0.15, 0.2) is 0 Å². The van der Waals surface area contributed by atoms with Gasteiger partial charge in [-0.2, -0.15) is 0 Å². The Morgan fingerprint density at radius 1 is 0.322 bits per heavy atom. The summed E-state index contributed by atoms with van der Waals surface area (Å²) in [4.78, 5) is 0. The van der Waals surface area contributed by atoms with Gasteiger partial charge in [0.05, 0.1) is 5.41 Å². The molecule has 0 N–H and O–H groups in total. The summed E-state index contributed by atoms with van der Waals surface area (Å²) < 4.78 is 13.1. The minimum atomic E-state index is -0.475. The molecule has 1 aliphatic heterocycles. The van der Waals surface area contributed by atoms with Gasteiger partial charge in [-0.15, -0.1) is 0 Å². The molecule has 0 radical (unpaired) electrons. The molecular weight excluding hydrogens is 717 g/mol. The monoisotopic (exact) mass is 748 g/mol. The topological polar surface area (TPSA) is 22.4 Å². The number of hydrogen-bond donors (Lipinski definition) is 0. The average molecular weight is 749 g/mol. The lowest BCUT2D eigenvalue weighted by atomic mass is 9.70. The van der Waals surface area contributed by atoms with Gasteiger partial charge in [-0.05, 0) is 137 Å². The van der Waals surface area contributed by atoms with Gasteiger partial charge in [0, 0.05) is 21.7 Å². The van der Waals surface area contributed by atoms with Crippen LogP contribution in [0.2, 0.25) is 0 Å². The molecule has 3 aliphatic rings. The van der Waals surface area contributed by atoms with Crippen LogP contribution >= 0.6 is 0 Å². The van der Waals surface area contributed by atoms with E-state index in [0.29, 0.717) is 0 Å². The van der Waals surface area contributed by atoms with Gasteiger partial charge in [-0.1, -0.05) is 146 Å². The highest BCUT2D eigenvalue weighted by molar-refractivity contribution is 6.13. The van der Waals surface area contributed by atoms with Gasteiger partial charge < -0.3 is 9.15 Å². The van der Waals surface area contributed by atoms with Gasteiger partial charge >= 0.3 is 0 Å². The third-order valence-corrected chi connectivity index (χ3v) is 13.5. The number of ether oxygens (including phenoxy) is 1. The lowest BCUT2D eigenvalue weighted by Crippen LogP contribution is -2.25. The number of fused-ring (bicyclic) bond motifs is 16. The molecule has 0 atom stereocenters. The smallest absolute Gasteiger partial charge is 0.136 e. The largest absolute Gasteiger partial charge is 0.456 e. The van der Waals surface area contributed by atoms with Crippen molar-refractivity contribution in [2.45, 2.75) is 5.41 Å². The molecule has 2 heterocycles. The van der Waals surface area contributed by atoms with Crippen LogP contribution in [0.4, 0.5) is 0 Å². The van der Waals surface area contributed by atoms with E-state index in [0.717, 1.165) is 50.1 Å². The molecule has 59 heavy (non-hydrogen) atoms. The molecule has 10 aromatic carbocycles. The molecule has 0 saturated heterocycles. The van der Waals surface area contributed by atoms with Crippen molar-refractivity contribution in [3.63, 3.8) is 0 Å². The molecule has 0 saturated carbocycles. The Hall–Kier alpha value is -7.68. The molecule has 272 valence electrons. The predicted octanol–water partition coefficient (Wildman–Crippen LogP) is 15.3. The van der Waals surface area contributed by atoms with E-state index in [-0.39, 0.29) is 0 Å². The summed E-state index contributed by atoms with van der Waals surface area (Å²) in [6.07, 6.45) is 0. The van der Waals surface area contributed by atoms with Crippen molar-refractivity contribution in [3.05, 3.63) is 216 Å². The molecule has 0 fully saturated rings. The Kier molecular flexibility index (Phi) is 5.99. The van der Waals surface area contributed by atoms with Crippen molar-refractivity contribution in [1.29, 1.82) is 0 Å². The van der Waals surface area contributed by atoms with Crippen LogP contribution in [0.15, 0.2) is 199 Å². The van der Waals surface area contributed by atoms with Gasteiger partial charge in [-0.3, -0.25) is 0 Å². The van der Waals surface area contributed by atoms with E-state index in [1.807, 2.05) is 6.07 Å². The zero-order valence-electron chi connectivity index (χ0n) is 31.8. The van der Waals surface area contributed by atoms with Gasteiger partial charge in [0.25, 0.3) is 0 Å². The molecule has 2 heteroatoms. The van der Waals surface area contributed by atoms with E-state index < -0.39 is 5.41 Å². The number of furan rings is 1. The lowest BCUT2D eigenvalue weighted by Gasteiger charge is -2.31. The molecule has 0 unspecified atom stereocenters. The zero-order valence-corrected chi connectivity index (χ0v) is 31.8. The van der Waals surface area contributed by atoms with E-state index in [2.05, 4.69) is 188 Å². The SMILES string of the molecule is c1ccc2c(c1)-c1ccccc1C21c2ccccc2-c2c1cc1cc(-c3ccc4c(c3)-c3cccc5cccc(c35)O4)ccc1c2-c1ccc2c(c1)oc1ccccc12. The van der Waals surface area contributed by atoms with E-state index in [1.54, 1.807) is 0 Å². The summed E-state index contributed by atoms with van der Waals surface area (Å²) in [5.74, 6) is 1.80. The maximum absolute atomic E-state index is 6.56. The second kappa shape index (κ2) is 11.2. The van der Waals surface area contributed by atoms with E-state index in [4.69, 9.17) is 9.15 Å². The Bertz CT molecular complexity index is 3610. The average Bonchev–Trinajstić information content (AvgIpc) is 3.92. The fourth-order valence-electron chi connectivity index (χ4n) is 11.1. The maximum atomic E-state index is 6.56. The molecule has 1 aromatic heterocycles. The zero-order chi connectivity index (χ0) is 38.4. The Morgan fingerprint density at radius 2 is 0.949 bits per heavy atom. The molecule has 2 aliphatic carbocycles. The molecule has 0 bridgehead atoms. The van der Waals surface area contributed by atoms with E-state index in [1.165, 1.54) is 82.7 Å². The molecule has 11 aromatic rings. The highest BCUT2D eigenvalue weighted by atomic mass is 16.5. The molecule has 14 rings (SSSR count). The van der Waals surface area contributed by atoms with Crippen LogP contribution in [0.25, 0.3) is 99.1 Å². The van der Waals surface area contributed by atoms with Crippen LogP contribution in [-0.2, 0) is 5.41 Å². The summed E-state index contributed by atoms with van der Waals surface area (Å²) in [5.41, 5.74) is 18.9. The Morgan fingerprint density at radius 3 is 1.78 bits per heavy atom. The van der Waals surface area contributed by atoms with Gasteiger partial charge in [-0.25, -0.2) is 0 Å². The summed E-state index contributed by atoms with van der Waals surface area (Å²) in [6, 6.07) is 71.4. The summed E-state index contributed by atoms with van der Waals surface area (Å²) in [6.45, 7) is 0. The maximum Gasteiger partial charge on any atom is 0.136 e. The van der Waals surface area contributed by atoms with Crippen molar-refractivity contribution in [1.82, 2.24) is 0 Å². The van der Waals surface area contributed by atoms with Gasteiger partial charge in [0.1, 0.15) is 22.7 Å². The fraction of sp³-hybridized carbons (Fsp3) is 0.0175. The Labute approximate surface area is 340 Å². The normalized spacial score (nSPS) is 13.7. The highest BCUT2D eigenvalue weighted by Crippen LogP contribution is 2.65. The third-order valence-electron chi connectivity index (χ3n) is 13.5. The van der Waals surface area contributed by atoms with Crippen LogP contribution in [0.1, 0.15) is 22.3 Å². The molecule has 1 spiro atoms. The highest BCUT2D eigenvalue weighted by Gasteiger charge is 2.52. The second-order valence-electron chi connectivity index (χ2n) is 16.3. The first kappa shape index (κ1) is 31.4. The van der Waals surface area contributed by atoms with Crippen LogP contribution in [0.5, 0.6) is 11.5 Å². The molecule has 2 nitrogen and oxygen atoms in total. The van der Waals surface area contributed by atoms with Crippen molar-refractivity contribution in [3.8, 4) is 67.1 Å². The number of para-hydroxylation sites is 1. The number of hydrogen-bond acceptors (Lipinski definition) is 2. The quantitative estimate of drug-likeness (QED) is 0.176. The molecule has 0 amide bonds. The van der Waals surface area contributed by atoms with Crippen LogP contribution in [0, 0.1) is 0 Å². The minimum absolute atomic E-state index is 0.475. The van der Waals surface area contributed by atoms with Crippen molar-refractivity contribution >= 4 is 43.5 Å². The van der Waals surface area contributed by atoms with Crippen molar-refractivity contribution in [2.24, 2.45) is 0 Å². The third kappa shape index (κ3) is 4.00. The number of benzene rings is 10. The van der Waals surface area contributed by atoms with Crippen molar-refractivity contribution < 1.29 is 9.15 Å². The van der Waals surface area contributed by atoms with Gasteiger partial charge in [0.2, 0.25) is 0 Å². The standard InChI is InChI=1S/C57H32O2/c1-5-18-46-39(13-1)40-14-2-6-19-47(40)57(46)48-20-7-3-16-44(48)56-49(57)31-37-29-34(35-25-28-51-45(30-35)43-17-9-11-33-12-10-22-52(58-51)54(33)43)23-26-38(37)55(56)36-24-27-42-41-15-4-8-21-50(41)59-53(42)32-36/h1-32H. The van der Waals surface area contributed by atoms with Crippen LogP contribution in [0.3, 0.4) is 0 Å². The first-order valence-corrected chi connectivity index (χ1v) is 20.4. The van der Waals surface area contributed by atoms with Crippen LogP contribution in [-0.4, -0.2) is 0 Å². The minimum Gasteiger partial charge on any atom is -0.456 e. The first-order valence-electron chi connectivity index (χ1n) is 20.4. The summed E-state index contributed by atoms with van der Waals surface area (Å²) >= 11 is 0. The summed E-state index contributed by atoms with van der Waals surface area (Å²) in [7, 11) is 0. The first-order chi connectivity index (χ1) is 29.2. The van der Waals surface area contributed by atoms with E-state index >= 15 is 0 Å². The Balaban J connectivity index is 1.07. The molecular formula is C57H32O2. The predicted molar refractivity (Wildman–Crippen MR) is 241 cm³/mol. The lowest BCUT2D eigenvalue weighted by molar-refractivity contribution is 0.487. The van der Waals surface area contributed by atoms with Crippen molar-refractivity contribution in [2.75, 3.05) is 0 Å². The van der Waals surface area contributed by atoms with Crippen LogP contribution < -0.4 is 4.74 Å². The second-order valence-corrected chi connectivity index (χ2v) is 16.3. The van der Waals surface area contributed by atoms with E-state index in [9.17, 15) is 0 Å².